The Balaban J connectivity index is 2.13. The quantitative estimate of drug-likeness (QED) is 0.0430. The molecule has 52 heavy (non-hydrogen) atoms. The lowest BCUT2D eigenvalue weighted by molar-refractivity contribution is -0.343. The molecule has 20 heteroatoms. The molecule has 2 heterocycles. The molecule has 2 saturated heterocycles. The number of isothiocyanates is 1. The zero-order valence-corrected chi connectivity index (χ0v) is 29.8. The number of hydrogen-bond acceptors (Lipinski definition) is 19. The molecule has 288 valence electrons. The summed E-state index contributed by atoms with van der Waals surface area (Å²) in [6.45, 7) is 7.43. The monoisotopic (exact) mass is 758 g/mol. The van der Waals surface area contributed by atoms with Crippen molar-refractivity contribution in [3.05, 3.63) is 23.1 Å². The van der Waals surface area contributed by atoms with Crippen LogP contribution in [0.5, 0.6) is 0 Å². The van der Waals surface area contributed by atoms with Crippen molar-refractivity contribution in [1.29, 1.82) is 5.41 Å². The zero-order chi connectivity index (χ0) is 39.5. The minimum absolute atomic E-state index is 0.383. The molecule has 0 aromatic rings. The van der Waals surface area contributed by atoms with Crippen molar-refractivity contribution in [2.75, 3.05) is 6.61 Å². The van der Waals surface area contributed by atoms with E-state index < -0.39 is 138 Å². The number of aliphatic carboxylic acids is 1. The van der Waals surface area contributed by atoms with Crippen molar-refractivity contribution in [3.8, 4) is 0 Å². The number of hydrogen-bond donors (Lipinski definition) is 7. The molecule has 0 aromatic carbocycles. The van der Waals surface area contributed by atoms with Crippen molar-refractivity contribution in [2.45, 2.75) is 121 Å². The maximum atomic E-state index is 13.2. The predicted octanol–water partition coefficient (Wildman–Crippen LogP) is -0.584. The van der Waals surface area contributed by atoms with Gasteiger partial charge < -0.3 is 59.1 Å². The maximum Gasteiger partial charge on any atom is 0.357 e. The van der Waals surface area contributed by atoms with E-state index in [1.54, 1.807) is 13.8 Å². The van der Waals surface area contributed by atoms with Gasteiger partial charge in [-0.15, -0.1) is 0 Å². The van der Waals surface area contributed by atoms with Crippen LogP contribution < -0.4 is 0 Å². The van der Waals surface area contributed by atoms with Crippen LogP contribution in [0, 0.1) is 11.3 Å². The summed E-state index contributed by atoms with van der Waals surface area (Å²) in [6, 6.07) is 0. The molecular weight excluding hydrogens is 716 g/mol. The highest BCUT2D eigenvalue weighted by Gasteiger charge is 2.61. The fraction of sp³-hybridized carbons (Fsp3) is 0.656. The van der Waals surface area contributed by atoms with E-state index in [9.17, 15) is 54.6 Å². The van der Waals surface area contributed by atoms with Gasteiger partial charge in [0.2, 0.25) is 0 Å². The Labute approximate surface area is 302 Å². The number of Topliss-reactive ketones (excluding diaryl/α,β-unsaturated/α-hetero) is 1. The van der Waals surface area contributed by atoms with Crippen LogP contribution in [0.2, 0.25) is 0 Å². The second-order valence-electron chi connectivity index (χ2n) is 12.7. The highest BCUT2D eigenvalue weighted by molar-refractivity contribution is 7.78. The molecule has 2 fully saturated rings. The maximum absolute atomic E-state index is 13.2. The van der Waals surface area contributed by atoms with Gasteiger partial charge in [-0.25, -0.2) is 9.59 Å². The van der Waals surface area contributed by atoms with E-state index in [2.05, 4.69) is 17.2 Å². The second-order valence-corrected chi connectivity index (χ2v) is 12.9. The number of carbonyl (C=O) groups is 5. The third kappa shape index (κ3) is 8.46. The number of allylic oxidation sites excluding steroid dienone is 1. The topological polar surface area (TPSA) is 298 Å². The molecule has 0 spiro atoms. The number of nitrogens with zero attached hydrogens (tertiary/aromatic N) is 1. The van der Waals surface area contributed by atoms with Crippen LogP contribution in [-0.4, -0.2) is 144 Å². The van der Waals surface area contributed by atoms with E-state index in [1.165, 1.54) is 26.8 Å². The van der Waals surface area contributed by atoms with Gasteiger partial charge in [-0.2, -0.15) is 4.99 Å². The molecule has 0 radical (unpaired) electrons. The van der Waals surface area contributed by atoms with Crippen LogP contribution in [0.25, 0.3) is 0 Å². The van der Waals surface area contributed by atoms with Gasteiger partial charge in [0.25, 0.3) is 0 Å². The number of aliphatic hydroxyl groups is 5. The molecular formula is C32H42N2O17S. The van der Waals surface area contributed by atoms with Gasteiger partial charge in [-0.1, -0.05) is 19.9 Å². The summed E-state index contributed by atoms with van der Waals surface area (Å²) < 4.78 is 33.7. The average molecular weight is 759 g/mol. The number of esters is 3. The van der Waals surface area contributed by atoms with Crippen LogP contribution in [-0.2, 0) is 52.4 Å². The van der Waals surface area contributed by atoms with E-state index in [1.807, 2.05) is 5.16 Å². The molecule has 7 N–H and O–H groups in total. The normalized spacial score (nSPS) is 34.6. The Bertz CT molecular complexity index is 1560. The van der Waals surface area contributed by atoms with Crippen molar-refractivity contribution >= 4 is 52.8 Å². The van der Waals surface area contributed by atoms with E-state index in [4.69, 9.17) is 33.8 Å². The smallest absolute Gasteiger partial charge is 0.357 e. The number of ether oxygens (including phenoxy) is 6. The summed E-state index contributed by atoms with van der Waals surface area (Å²) in [7, 11) is 0. The standard InChI is InChI=1S/C32H42N2O17S/c1-7-16(34-11-52)30(43)51-24-18(10-46-15(6)35)49-27(31(44)9-17(36)22(33)21(26(31)39)28(40)41)23(38)25(24)50-20-8-19(37)32(45,13(4)47-20)14(5)48-29(42)12(2)3/h7,12-14,18-20,23-25,27,33,37-39,44-45H,8-10H2,1-6H3,(H,40,41)/b16-7+,33-22?/t13?,14-,18?,19?,20?,23?,24?,25?,27-,31+,32?/m0/s1. The number of carbonyl (C=O) groups excluding carboxylic acids is 4. The lowest BCUT2D eigenvalue weighted by Crippen LogP contribution is -2.70. The summed E-state index contributed by atoms with van der Waals surface area (Å²) >= 11 is 4.57. The molecule has 0 saturated carbocycles. The molecule has 3 rings (SSSR count). The molecule has 0 amide bonds. The number of thiocarbonyl (C=S) groups is 1. The van der Waals surface area contributed by atoms with E-state index in [0.29, 0.717) is 0 Å². The first-order chi connectivity index (χ1) is 24.1. The van der Waals surface area contributed by atoms with Gasteiger partial charge >= 0.3 is 23.9 Å². The Morgan fingerprint density at radius 2 is 1.79 bits per heavy atom. The van der Waals surface area contributed by atoms with Crippen LogP contribution in [0.3, 0.4) is 0 Å². The molecule has 19 nitrogen and oxygen atoms in total. The fourth-order valence-electron chi connectivity index (χ4n) is 6.05. The second kappa shape index (κ2) is 16.8. The van der Waals surface area contributed by atoms with Crippen molar-refractivity contribution in [2.24, 2.45) is 10.9 Å². The molecule has 1 aliphatic carbocycles. The summed E-state index contributed by atoms with van der Waals surface area (Å²) in [4.78, 5) is 65.6. The Morgan fingerprint density at radius 3 is 2.31 bits per heavy atom. The number of aliphatic imine (C=N–C) groups is 1. The lowest BCUT2D eigenvalue weighted by atomic mass is 9.74. The first kappa shape index (κ1) is 42.4. The fourth-order valence-corrected chi connectivity index (χ4v) is 6.15. The Kier molecular flexibility index (Phi) is 13.7. The van der Waals surface area contributed by atoms with Crippen LogP contribution in [0.15, 0.2) is 28.1 Å². The summed E-state index contributed by atoms with van der Waals surface area (Å²) in [5, 5.41) is 76.6. The number of carboxylic acids is 1. The number of rotatable bonds is 12. The third-order valence-electron chi connectivity index (χ3n) is 8.97. The van der Waals surface area contributed by atoms with Crippen LogP contribution in [0.4, 0.5) is 0 Å². The first-order valence-corrected chi connectivity index (χ1v) is 16.4. The highest BCUT2D eigenvalue weighted by atomic mass is 32.1. The SMILES string of the molecule is C/C=C(/N=C=S)C(=O)OC1C(COC(C)=O)O[C@H]([C@@]2(O)CC(=O)C(=N)C(C(=O)O)=C2O)C(O)C1OC1CC(O)C(O)([C@H](C)OC(=O)C(C)C)C(C)O1. The van der Waals surface area contributed by atoms with Gasteiger partial charge in [0.05, 0.1) is 29.7 Å². The molecule has 0 aromatic heterocycles. The molecule has 8 unspecified atom stereocenters. The predicted molar refractivity (Wildman–Crippen MR) is 175 cm³/mol. The number of nitrogens with one attached hydrogen (secondary N) is 1. The molecule has 3 aliphatic rings. The van der Waals surface area contributed by atoms with Gasteiger partial charge in [0.15, 0.2) is 35.1 Å². The van der Waals surface area contributed by atoms with E-state index >= 15 is 0 Å². The van der Waals surface area contributed by atoms with Crippen molar-refractivity contribution in [1.82, 2.24) is 0 Å². The summed E-state index contributed by atoms with van der Waals surface area (Å²) in [6.07, 6.45) is -16.4. The highest BCUT2D eigenvalue weighted by Crippen LogP contribution is 2.42. The minimum Gasteiger partial charge on any atom is -0.508 e. The van der Waals surface area contributed by atoms with Gasteiger partial charge in [0, 0.05) is 13.3 Å². The lowest BCUT2D eigenvalue weighted by Gasteiger charge is -2.51. The van der Waals surface area contributed by atoms with Gasteiger partial charge in [-0.3, -0.25) is 19.8 Å². The Hall–Kier alpha value is -3.98. The molecule has 11 atom stereocenters. The largest absolute Gasteiger partial charge is 0.508 e. The Morgan fingerprint density at radius 1 is 1.15 bits per heavy atom. The molecule has 0 bridgehead atoms. The first-order valence-electron chi connectivity index (χ1n) is 16.0. The van der Waals surface area contributed by atoms with Gasteiger partial charge in [0.1, 0.15) is 54.2 Å². The van der Waals surface area contributed by atoms with E-state index in [-0.39, 0.29) is 5.70 Å². The number of ketones is 1. The van der Waals surface area contributed by atoms with Crippen molar-refractivity contribution < 1.29 is 83.0 Å². The molecule has 2 aliphatic heterocycles. The summed E-state index contributed by atoms with van der Waals surface area (Å²) in [5.74, 6) is -7.95. The average Bonchev–Trinajstić information content (AvgIpc) is 3.05. The number of carboxylic acid groups (broad SMARTS) is 1. The minimum atomic E-state index is -3.05. The van der Waals surface area contributed by atoms with Gasteiger partial charge in [-0.05, 0) is 33.0 Å². The zero-order valence-electron chi connectivity index (χ0n) is 29.0. The van der Waals surface area contributed by atoms with Crippen LogP contribution >= 0.6 is 12.2 Å². The summed E-state index contributed by atoms with van der Waals surface area (Å²) in [5.41, 5.74) is -8.05. The van der Waals surface area contributed by atoms with E-state index in [0.717, 1.165) is 6.92 Å². The third-order valence-corrected chi connectivity index (χ3v) is 9.06. The number of aliphatic hydroxyl groups excluding tert-OH is 3. The van der Waals surface area contributed by atoms with Crippen molar-refractivity contribution in [3.63, 3.8) is 0 Å². The van der Waals surface area contributed by atoms with Crippen LogP contribution in [0.1, 0.15) is 54.4 Å².